The molecule has 1 rings (SSSR count). The number of anilines is 1. The molecule has 6 heteroatoms. The topological polar surface area (TPSA) is 79.5 Å². The SMILES string of the molecule is CCOc1ccc(NC(=O)NC(C)C(=O)NC(C)CC)cc1C. The Morgan fingerprint density at radius 2 is 1.87 bits per heavy atom. The zero-order valence-corrected chi connectivity index (χ0v) is 14.5. The highest BCUT2D eigenvalue weighted by Crippen LogP contribution is 2.21. The Morgan fingerprint density at radius 1 is 1.17 bits per heavy atom. The summed E-state index contributed by atoms with van der Waals surface area (Å²) in [5.41, 5.74) is 1.59. The van der Waals surface area contributed by atoms with Crippen molar-refractivity contribution in [1.82, 2.24) is 10.6 Å². The average molecular weight is 321 g/mol. The van der Waals surface area contributed by atoms with Crippen LogP contribution in [-0.4, -0.2) is 30.6 Å². The minimum atomic E-state index is -0.604. The van der Waals surface area contributed by atoms with E-state index >= 15 is 0 Å². The maximum absolute atomic E-state index is 12.0. The Labute approximate surface area is 138 Å². The summed E-state index contributed by atoms with van der Waals surface area (Å²) in [6.07, 6.45) is 0.843. The smallest absolute Gasteiger partial charge is 0.319 e. The molecule has 2 atom stereocenters. The molecule has 0 radical (unpaired) electrons. The predicted molar refractivity (Wildman–Crippen MR) is 91.9 cm³/mol. The number of ether oxygens (including phenoxy) is 1. The summed E-state index contributed by atoms with van der Waals surface area (Å²) in [6, 6.07) is 4.47. The van der Waals surface area contributed by atoms with Crippen LogP contribution in [0.5, 0.6) is 5.75 Å². The molecule has 0 saturated heterocycles. The van der Waals surface area contributed by atoms with Crippen molar-refractivity contribution in [2.24, 2.45) is 0 Å². The molecule has 3 N–H and O–H groups in total. The molecule has 0 aromatic heterocycles. The monoisotopic (exact) mass is 321 g/mol. The van der Waals surface area contributed by atoms with Crippen molar-refractivity contribution >= 4 is 17.6 Å². The second kappa shape index (κ2) is 9.02. The Kier molecular flexibility index (Phi) is 7.38. The van der Waals surface area contributed by atoms with E-state index in [1.165, 1.54) is 0 Å². The van der Waals surface area contributed by atoms with Crippen molar-refractivity contribution in [3.8, 4) is 5.75 Å². The van der Waals surface area contributed by atoms with Crippen LogP contribution in [0.3, 0.4) is 0 Å². The lowest BCUT2D eigenvalue weighted by Gasteiger charge is -2.18. The molecule has 23 heavy (non-hydrogen) atoms. The molecule has 128 valence electrons. The van der Waals surface area contributed by atoms with E-state index in [1.54, 1.807) is 13.0 Å². The first kappa shape index (κ1) is 18.8. The molecule has 0 bridgehead atoms. The maximum atomic E-state index is 12.0. The van der Waals surface area contributed by atoms with Gasteiger partial charge in [0.15, 0.2) is 0 Å². The van der Waals surface area contributed by atoms with Gasteiger partial charge in [-0.1, -0.05) is 6.92 Å². The lowest BCUT2D eigenvalue weighted by Crippen LogP contribution is -2.48. The molecular weight excluding hydrogens is 294 g/mol. The van der Waals surface area contributed by atoms with Gasteiger partial charge in [-0.3, -0.25) is 4.79 Å². The van der Waals surface area contributed by atoms with Crippen LogP contribution in [0.1, 0.15) is 39.7 Å². The molecule has 0 spiro atoms. The number of nitrogens with one attached hydrogen (secondary N) is 3. The van der Waals surface area contributed by atoms with Crippen molar-refractivity contribution in [2.75, 3.05) is 11.9 Å². The number of rotatable bonds is 7. The van der Waals surface area contributed by atoms with Gasteiger partial charge in [-0.15, -0.1) is 0 Å². The normalized spacial score (nSPS) is 12.9. The van der Waals surface area contributed by atoms with Crippen molar-refractivity contribution in [2.45, 2.75) is 53.1 Å². The Bertz CT molecular complexity index is 546. The molecule has 1 aromatic rings. The van der Waals surface area contributed by atoms with Gasteiger partial charge in [0.05, 0.1) is 6.61 Å². The number of urea groups is 1. The molecule has 0 aliphatic heterocycles. The fourth-order valence-electron chi connectivity index (χ4n) is 1.94. The number of carbonyl (C=O) groups is 2. The summed E-state index contributed by atoms with van der Waals surface area (Å²) in [6.45, 7) is 10.00. The van der Waals surface area contributed by atoms with Crippen LogP contribution in [0.4, 0.5) is 10.5 Å². The van der Waals surface area contributed by atoms with Crippen LogP contribution in [-0.2, 0) is 4.79 Å². The minimum absolute atomic E-state index is 0.0866. The highest BCUT2D eigenvalue weighted by Gasteiger charge is 2.17. The predicted octanol–water partition coefficient (Wildman–Crippen LogP) is 2.82. The number of carbonyl (C=O) groups excluding carboxylic acids is 2. The van der Waals surface area contributed by atoms with Gasteiger partial charge in [-0.25, -0.2) is 4.79 Å². The lowest BCUT2D eigenvalue weighted by atomic mass is 10.2. The Morgan fingerprint density at radius 3 is 2.43 bits per heavy atom. The summed E-state index contributed by atoms with van der Waals surface area (Å²) in [5, 5.41) is 8.17. The van der Waals surface area contributed by atoms with Gasteiger partial charge in [-0.2, -0.15) is 0 Å². The first-order valence-electron chi connectivity index (χ1n) is 7.98. The van der Waals surface area contributed by atoms with E-state index in [0.29, 0.717) is 12.3 Å². The molecule has 0 aliphatic rings. The van der Waals surface area contributed by atoms with E-state index in [1.807, 2.05) is 39.8 Å². The maximum Gasteiger partial charge on any atom is 0.319 e. The number of benzene rings is 1. The molecule has 0 aliphatic carbocycles. The van der Waals surface area contributed by atoms with Gasteiger partial charge in [0.2, 0.25) is 5.91 Å². The van der Waals surface area contributed by atoms with Crippen molar-refractivity contribution < 1.29 is 14.3 Å². The van der Waals surface area contributed by atoms with Gasteiger partial charge in [-0.05, 0) is 57.9 Å². The second-order valence-corrected chi connectivity index (χ2v) is 5.55. The standard InChI is InChI=1S/C17H27N3O3/c1-6-12(4)18-16(21)13(5)19-17(22)20-14-8-9-15(23-7-2)11(3)10-14/h8-10,12-13H,6-7H2,1-5H3,(H,18,21)(H2,19,20,22). The molecule has 0 heterocycles. The van der Waals surface area contributed by atoms with Crippen LogP contribution in [0, 0.1) is 6.92 Å². The van der Waals surface area contributed by atoms with Crippen molar-refractivity contribution in [3.63, 3.8) is 0 Å². The first-order valence-corrected chi connectivity index (χ1v) is 7.98. The van der Waals surface area contributed by atoms with Crippen molar-refractivity contribution in [3.05, 3.63) is 23.8 Å². The van der Waals surface area contributed by atoms with E-state index in [4.69, 9.17) is 4.74 Å². The third-order valence-corrected chi connectivity index (χ3v) is 3.47. The Balaban J connectivity index is 2.56. The average Bonchev–Trinajstić information content (AvgIpc) is 2.49. The van der Waals surface area contributed by atoms with Crippen LogP contribution in [0.15, 0.2) is 18.2 Å². The minimum Gasteiger partial charge on any atom is -0.494 e. The van der Waals surface area contributed by atoms with Gasteiger partial charge >= 0.3 is 6.03 Å². The van der Waals surface area contributed by atoms with Gasteiger partial charge in [0.25, 0.3) is 0 Å². The van der Waals surface area contributed by atoms with E-state index in [-0.39, 0.29) is 11.9 Å². The summed E-state index contributed by atoms with van der Waals surface area (Å²) >= 11 is 0. The van der Waals surface area contributed by atoms with E-state index in [0.717, 1.165) is 17.7 Å². The summed E-state index contributed by atoms with van der Waals surface area (Å²) in [4.78, 5) is 23.9. The van der Waals surface area contributed by atoms with Gasteiger partial charge in [0, 0.05) is 11.7 Å². The fourth-order valence-corrected chi connectivity index (χ4v) is 1.94. The third kappa shape index (κ3) is 6.18. The van der Waals surface area contributed by atoms with Crippen LogP contribution in [0.2, 0.25) is 0 Å². The number of aryl methyl sites for hydroxylation is 1. The first-order chi connectivity index (χ1) is 10.9. The molecule has 0 fully saturated rings. The fraction of sp³-hybridized carbons (Fsp3) is 0.529. The molecule has 3 amide bonds. The largest absolute Gasteiger partial charge is 0.494 e. The van der Waals surface area contributed by atoms with Crippen LogP contribution < -0.4 is 20.7 Å². The van der Waals surface area contributed by atoms with Crippen LogP contribution >= 0.6 is 0 Å². The number of hydrogen-bond donors (Lipinski definition) is 3. The molecular formula is C17H27N3O3. The van der Waals surface area contributed by atoms with Crippen LogP contribution in [0.25, 0.3) is 0 Å². The zero-order valence-electron chi connectivity index (χ0n) is 14.5. The molecule has 0 saturated carbocycles. The van der Waals surface area contributed by atoms with Crippen molar-refractivity contribution in [1.29, 1.82) is 0 Å². The third-order valence-electron chi connectivity index (χ3n) is 3.47. The van der Waals surface area contributed by atoms with Gasteiger partial charge < -0.3 is 20.7 Å². The highest BCUT2D eigenvalue weighted by atomic mass is 16.5. The summed E-state index contributed by atoms with van der Waals surface area (Å²) in [7, 11) is 0. The summed E-state index contributed by atoms with van der Waals surface area (Å²) < 4.78 is 5.46. The second-order valence-electron chi connectivity index (χ2n) is 5.55. The quantitative estimate of drug-likeness (QED) is 0.722. The molecule has 1 aromatic carbocycles. The number of hydrogen-bond acceptors (Lipinski definition) is 3. The lowest BCUT2D eigenvalue weighted by molar-refractivity contribution is -0.123. The zero-order chi connectivity index (χ0) is 17.4. The molecule has 6 nitrogen and oxygen atoms in total. The van der Waals surface area contributed by atoms with Gasteiger partial charge in [0.1, 0.15) is 11.8 Å². The number of amides is 3. The van der Waals surface area contributed by atoms with E-state index in [9.17, 15) is 9.59 Å². The van der Waals surface area contributed by atoms with E-state index in [2.05, 4.69) is 16.0 Å². The highest BCUT2D eigenvalue weighted by molar-refractivity contribution is 5.93. The molecule has 2 unspecified atom stereocenters. The summed E-state index contributed by atoms with van der Waals surface area (Å²) in [5.74, 6) is 0.595. The Hall–Kier alpha value is -2.24. The van der Waals surface area contributed by atoms with E-state index < -0.39 is 12.1 Å².